The van der Waals surface area contributed by atoms with E-state index in [0.717, 1.165) is 91.4 Å². The van der Waals surface area contributed by atoms with Gasteiger partial charge in [-0.2, -0.15) is 39.5 Å². The van der Waals surface area contributed by atoms with Gasteiger partial charge in [-0.05, 0) is 52.4 Å². The molecule has 12 rings (SSSR count). The average Bonchev–Trinajstić information content (AvgIpc) is 0.966. The molecule has 6 aromatic carbocycles. The van der Waals surface area contributed by atoms with Crippen molar-refractivity contribution in [3.05, 3.63) is 325 Å². The molecule has 0 amide bonds. The molecule has 0 spiro atoms. The van der Waals surface area contributed by atoms with Gasteiger partial charge < -0.3 is 29.9 Å². The second-order valence-electron chi connectivity index (χ2n) is 18.3. The number of benzene rings is 6. The molecule has 486 valence electrons. The Morgan fingerprint density at radius 1 is 0.242 bits per heavy atom. The van der Waals surface area contributed by atoms with Gasteiger partial charge in [0.15, 0.2) is 0 Å². The van der Waals surface area contributed by atoms with Gasteiger partial charge in [0.2, 0.25) is 0 Å². The molecule has 26 heteroatoms. The molecule has 0 aliphatic carbocycles. The first-order valence-electron chi connectivity index (χ1n) is 26.2. The van der Waals surface area contributed by atoms with Crippen LogP contribution in [-0.2, 0) is 58.7 Å². The zero-order valence-corrected chi connectivity index (χ0v) is 52.2. The minimum Gasteiger partial charge on any atom is -0.305 e. The third kappa shape index (κ3) is 23.7. The SMILES string of the molecule is Fc1c[c-]c(-c2ccc(C(F)(F)F)cn2)cc1.Fc1c[c-]c(-c2ccc(C(F)(F)F)cn2)cc1.Fc1c[c-]c(-c2ccc(C(F)(F)F)cn2)cc1.Fc1c[c-]c(-c2ccccn2)cc1F.Fc1c[c-]c(-c2ccccn2)cc1F.Fc1c[c-]c(-c2ccccn2)cc1F.[Ir+3].[Ir+3]. The molecule has 0 aliphatic heterocycles. The maximum atomic E-state index is 12.8. The van der Waals surface area contributed by atoms with Crippen LogP contribution in [0.3, 0.4) is 0 Å². The van der Waals surface area contributed by atoms with Crippen LogP contribution in [0.2, 0.25) is 0 Å². The van der Waals surface area contributed by atoms with E-state index in [1.807, 2.05) is 0 Å². The summed E-state index contributed by atoms with van der Waals surface area (Å²) in [6, 6.07) is 55.1. The van der Waals surface area contributed by atoms with Crippen LogP contribution in [0.5, 0.6) is 0 Å². The molecule has 0 unspecified atom stereocenters. The van der Waals surface area contributed by atoms with Crippen LogP contribution in [-0.4, -0.2) is 29.9 Å². The van der Waals surface area contributed by atoms with Crippen molar-refractivity contribution in [2.45, 2.75) is 18.5 Å². The summed E-state index contributed by atoms with van der Waals surface area (Å²) in [6.45, 7) is 0. The van der Waals surface area contributed by atoms with Crippen molar-refractivity contribution >= 4 is 0 Å². The van der Waals surface area contributed by atoms with Crippen molar-refractivity contribution in [1.82, 2.24) is 29.9 Å². The van der Waals surface area contributed by atoms with Crippen LogP contribution < -0.4 is 0 Å². The number of aromatic nitrogens is 6. The minimum atomic E-state index is -4.40. The maximum absolute atomic E-state index is 12.8. The fraction of sp³-hybridized carbons (Fsp3) is 0.0435. The first-order chi connectivity index (χ1) is 44.2. The van der Waals surface area contributed by atoms with Gasteiger partial charge in [-0.25, -0.2) is 13.2 Å². The molecule has 6 nitrogen and oxygen atoms in total. The summed E-state index contributed by atoms with van der Waals surface area (Å²) in [5, 5.41) is 0. The smallest absolute Gasteiger partial charge is 0.305 e. The van der Waals surface area contributed by atoms with E-state index in [9.17, 15) is 79.0 Å². The molecular weight excluding hydrogens is 1640 g/mol. The number of alkyl halides is 9. The second-order valence-corrected chi connectivity index (χ2v) is 18.3. The fourth-order valence-electron chi connectivity index (χ4n) is 7.21. The third-order valence-electron chi connectivity index (χ3n) is 11.8. The maximum Gasteiger partial charge on any atom is 3.00 e. The Morgan fingerprint density at radius 3 is 0.663 bits per heavy atom. The van der Waals surface area contributed by atoms with Crippen molar-refractivity contribution in [1.29, 1.82) is 0 Å². The monoisotopic (exact) mass is 1680 g/mol. The Bertz CT molecular complexity index is 3830. The summed E-state index contributed by atoms with van der Waals surface area (Å²) in [6.07, 6.45) is -6.22. The van der Waals surface area contributed by atoms with Crippen molar-refractivity contribution in [2.75, 3.05) is 0 Å². The van der Waals surface area contributed by atoms with Gasteiger partial charge in [0, 0.05) is 54.6 Å². The van der Waals surface area contributed by atoms with Crippen LogP contribution in [0.25, 0.3) is 67.5 Å². The number of pyridine rings is 6. The first kappa shape index (κ1) is 76.0. The van der Waals surface area contributed by atoms with E-state index >= 15 is 0 Å². The largest absolute Gasteiger partial charge is 3.00 e. The van der Waals surface area contributed by atoms with Gasteiger partial charge in [0.25, 0.3) is 0 Å². The molecule has 6 heterocycles. The summed E-state index contributed by atoms with van der Waals surface area (Å²) in [5.41, 5.74) is 2.91. The minimum absolute atomic E-state index is 0. The Morgan fingerprint density at radius 2 is 0.484 bits per heavy atom. The third-order valence-corrected chi connectivity index (χ3v) is 11.8. The molecule has 95 heavy (non-hydrogen) atoms. The molecule has 0 atom stereocenters. The van der Waals surface area contributed by atoms with E-state index in [4.69, 9.17) is 0 Å². The zero-order chi connectivity index (χ0) is 67.3. The molecule has 0 N–H and O–H groups in total. The fourth-order valence-corrected chi connectivity index (χ4v) is 7.21. The van der Waals surface area contributed by atoms with Crippen LogP contribution >= 0.6 is 0 Å². The molecule has 0 saturated carbocycles. The van der Waals surface area contributed by atoms with Gasteiger partial charge in [-0.1, -0.05) is 72.8 Å². The summed E-state index contributed by atoms with van der Waals surface area (Å²) in [5.74, 6) is -6.72. The Kier molecular flexibility index (Phi) is 28.4. The molecule has 0 radical (unpaired) electrons. The van der Waals surface area contributed by atoms with E-state index in [1.165, 1.54) is 54.6 Å². The van der Waals surface area contributed by atoms with Crippen molar-refractivity contribution in [3.8, 4) is 67.5 Å². The van der Waals surface area contributed by atoms with Gasteiger partial charge in [0.05, 0.1) is 51.6 Å². The molecular formula is C69H36F18Ir2N6. The van der Waals surface area contributed by atoms with Gasteiger partial charge in [-0.3, -0.25) is 26.3 Å². The summed E-state index contributed by atoms with van der Waals surface area (Å²) >= 11 is 0. The van der Waals surface area contributed by atoms with Crippen molar-refractivity contribution < 1.29 is 119 Å². The molecule has 0 saturated heterocycles. The number of rotatable bonds is 6. The molecule has 6 aromatic heterocycles. The van der Waals surface area contributed by atoms with E-state index in [-0.39, 0.29) is 40.2 Å². The molecule has 12 aromatic rings. The Hall–Kier alpha value is -9.74. The predicted octanol–water partition coefficient (Wildman–Crippen LogP) is 19.6. The van der Waals surface area contributed by atoms with Crippen LogP contribution in [0.15, 0.2) is 219 Å². The van der Waals surface area contributed by atoms with Crippen LogP contribution in [0.4, 0.5) is 79.0 Å². The zero-order valence-electron chi connectivity index (χ0n) is 47.4. The average molecular weight is 1680 g/mol. The van der Waals surface area contributed by atoms with Gasteiger partial charge >= 0.3 is 58.7 Å². The Balaban J connectivity index is 0.000000206. The van der Waals surface area contributed by atoms with Crippen LogP contribution in [0.1, 0.15) is 16.7 Å². The molecule has 0 fully saturated rings. The van der Waals surface area contributed by atoms with Gasteiger partial charge in [0.1, 0.15) is 0 Å². The first-order valence-corrected chi connectivity index (χ1v) is 26.2. The van der Waals surface area contributed by atoms with E-state index in [2.05, 4.69) is 66.3 Å². The second kappa shape index (κ2) is 35.5. The number of hydrogen-bond acceptors (Lipinski definition) is 6. The van der Waals surface area contributed by atoms with Crippen molar-refractivity contribution in [3.63, 3.8) is 0 Å². The van der Waals surface area contributed by atoms with E-state index < -0.39 is 87.6 Å². The van der Waals surface area contributed by atoms with Crippen molar-refractivity contribution in [2.24, 2.45) is 0 Å². The number of nitrogens with zero attached hydrogens (tertiary/aromatic N) is 6. The standard InChI is InChI=1S/3C12H6F4N.3C11H6F2N.2Ir/c3*13-10-4-1-8(2-5-10)11-6-3-9(7-17-11)12(14,15)16;3*12-9-5-4-8(7-10(9)13)11-3-1-2-6-14-11;;/h3*1,3-7H;3*1-3,5-7H;;/q6*-1;2*+3. The van der Waals surface area contributed by atoms with E-state index in [1.54, 1.807) is 73.2 Å². The number of hydrogen-bond donors (Lipinski definition) is 0. The quantitative estimate of drug-likeness (QED) is 0.122. The molecule has 0 bridgehead atoms. The predicted molar refractivity (Wildman–Crippen MR) is 306 cm³/mol. The Labute approximate surface area is 556 Å². The van der Waals surface area contributed by atoms with Crippen LogP contribution in [0, 0.1) is 88.8 Å². The topological polar surface area (TPSA) is 77.3 Å². The normalized spacial score (nSPS) is 10.7. The molecule has 0 aliphatic rings. The summed E-state index contributed by atoms with van der Waals surface area (Å²) in [7, 11) is 0. The summed E-state index contributed by atoms with van der Waals surface area (Å²) in [4.78, 5) is 23.0. The summed E-state index contributed by atoms with van der Waals surface area (Å²) < 4.78 is 225. The van der Waals surface area contributed by atoms with E-state index in [0.29, 0.717) is 67.5 Å². The van der Waals surface area contributed by atoms with Gasteiger partial charge in [-0.15, -0.1) is 161 Å². The number of halogens is 18.